The van der Waals surface area contributed by atoms with E-state index in [9.17, 15) is 0 Å². The van der Waals surface area contributed by atoms with E-state index in [1.807, 2.05) is 0 Å². The summed E-state index contributed by atoms with van der Waals surface area (Å²) in [5.74, 6) is 0. The summed E-state index contributed by atoms with van der Waals surface area (Å²) in [6.45, 7) is 1.50. The summed E-state index contributed by atoms with van der Waals surface area (Å²) in [6.07, 6.45) is -5.99. The first-order valence-electron chi connectivity index (χ1n) is 3.41. The highest BCUT2D eigenvalue weighted by atomic mass is 16.6. The van der Waals surface area contributed by atoms with Gasteiger partial charge in [-0.05, 0) is 6.92 Å². The minimum absolute atomic E-state index is 0.664. The highest BCUT2D eigenvalue weighted by molar-refractivity contribution is 4.86. The van der Waals surface area contributed by atoms with Crippen molar-refractivity contribution in [3.8, 4) is 0 Å². The van der Waals surface area contributed by atoms with E-state index in [-0.39, 0.29) is 0 Å². The highest BCUT2D eigenvalue weighted by Gasteiger charge is 2.40. The second-order valence-electron chi connectivity index (χ2n) is 2.70. The van der Waals surface area contributed by atoms with Gasteiger partial charge in [-0.1, -0.05) is 0 Å². The molecule has 5 nitrogen and oxygen atoms in total. The maximum Gasteiger partial charge on any atom is 0.183 e. The molecule has 0 aliphatic carbocycles. The van der Waals surface area contributed by atoms with Crippen LogP contribution in [0.4, 0.5) is 0 Å². The fourth-order valence-electron chi connectivity index (χ4n) is 1.03. The zero-order chi connectivity index (χ0) is 8.59. The van der Waals surface area contributed by atoms with Gasteiger partial charge in [-0.25, -0.2) is 0 Å². The van der Waals surface area contributed by atoms with Crippen molar-refractivity contribution in [3.05, 3.63) is 0 Å². The Morgan fingerprint density at radius 2 is 1.45 bits per heavy atom. The van der Waals surface area contributed by atoms with Gasteiger partial charge in [0, 0.05) is 0 Å². The van der Waals surface area contributed by atoms with E-state index < -0.39 is 30.7 Å². The SMILES string of the molecule is C[C@@H]1OC(O)[C@@H](O)[C@H](O)C1O. The normalized spacial score (nSPS) is 52.6. The van der Waals surface area contributed by atoms with Gasteiger partial charge in [0.1, 0.15) is 18.3 Å². The van der Waals surface area contributed by atoms with Gasteiger partial charge in [0.05, 0.1) is 6.10 Å². The monoisotopic (exact) mass is 164 g/mol. The molecule has 11 heavy (non-hydrogen) atoms. The Balaban J connectivity index is 2.63. The lowest BCUT2D eigenvalue weighted by Gasteiger charge is -2.36. The lowest BCUT2D eigenvalue weighted by molar-refractivity contribution is -0.277. The summed E-state index contributed by atoms with van der Waals surface area (Å²) in [5, 5.41) is 36.0. The molecule has 5 heteroatoms. The van der Waals surface area contributed by atoms with E-state index in [4.69, 9.17) is 20.4 Å². The van der Waals surface area contributed by atoms with Crippen molar-refractivity contribution >= 4 is 0 Å². The summed E-state index contributed by atoms with van der Waals surface area (Å²) in [5.41, 5.74) is 0. The van der Waals surface area contributed by atoms with Gasteiger partial charge in [0.25, 0.3) is 0 Å². The summed E-state index contributed by atoms with van der Waals surface area (Å²) in [7, 11) is 0. The predicted molar refractivity (Wildman–Crippen MR) is 34.6 cm³/mol. The first-order valence-corrected chi connectivity index (χ1v) is 3.41. The Kier molecular flexibility index (Phi) is 2.46. The van der Waals surface area contributed by atoms with Crippen LogP contribution in [0.1, 0.15) is 6.92 Å². The quantitative estimate of drug-likeness (QED) is 0.326. The smallest absolute Gasteiger partial charge is 0.183 e. The molecule has 4 N–H and O–H groups in total. The van der Waals surface area contributed by atoms with Crippen LogP contribution >= 0.6 is 0 Å². The fraction of sp³-hybridized carbons (Fsp3) is 1.00. The van der Waals surface area contributed by atoms with Gasteiger partial charge < -0.3 is 25.2 Å². The van der Waals surface area contributed by atoms with E-state index >= 15 is 0 Å². The van der Waals surface area contributed by atoms with Crippen LogP contribution in [0, 0.1) is 0 Å². The number of aliphatic hydroxyl groups is 4. The Bertz CT molecular complexity index is 125. The van der Waals surface area contributed by atoms with E-state index in [0.29, 0.717) is 0 Å². The molecule has 1 fully saturated rings. The van der Waals surface area contributed by atoms with Gasteiger partial charge in [0.15, 0.2) is 6.29 Å². The third kappa shape index (κ3) is 1.52. The molecule has 0 amide bonds. The van der Waals surface area contributed by atoms with Crippen LogP contribution in [0.15, 0.2) is 0 Å². The summed E-state index contributed by atoms with van der Waals surface area (Å²) in [6, 6.07) is 0. The zero-order valence-corrected chi connectivity index (χ0v) is 6.08. The van der Waals surface area contributed by atoms with Crippen LogP contribution in [0.25, 0.3) is 0 Å². The lowest BCUT2D eigenvalue weighted by Crippen LogP contribution is -2.56. The van der Waals surface area contributed by atoms with E-state index in [1.165, 1.54) is 6.92 Å². The molecule has 1 rings (SSSR count). The van der Waals surface area contributed by atoms with Crippen molar-refractivity contribution in [3.63, 3.8) is 0 Å². The molecule has 0 radical (unpaired) electrons. The Morgan fingerprint density at radius 1 is 0.909 bits per heavy atom. The molecular formula is C6H12O5. The standard InChI is InChI=1S/C6H12O5/c1-2-3(7)4(8)5(9)6(10)11-2/h2-10H,1H3/t2-,3?,4+,5-,6?/m0/s1. The third-order valence-electron chi connectivity index (χ3n) is 1.83. The molecule has 0 bridgehead atoms. The number of rotatable bonds is 0. The molecule has 0 saturated carbocycles. The van der Waals surface area contributed by atoms with Crippen molar-refractivity contribution < 1.29 is 25.2 Å². The first-order chi connectivity index (χ1) is 5.04. The molecule has 1 saturated heterocycles. The van der Waals surface area contributed by atoms with Crippen LogP contribution in [0.5, 0.6) is 0 Å². The zero-order valence-electron chi connectivity index (χ0n) is 6.08. The molecule has 1 aliphatic heterocycles. The van der Waals surface area contributed by atoms with Crippen LogP contribution in [-0.4, -0.2) is 51.1 Å². The van der Waals surface area contributed by atoms with Gasteiger partial charge in [-0.2, -0.15) is 0 Å². The molecule has 0 aromatic heterocycles. The van der Waals surface area contributed by atoms with Crippen molar-refractivity contribution in [1.82, 2.24) is 0 Å². The number of hydrogen-bond acceptors (Lipinski definition) is 5. The Hall–Kier alpha value is -0.200. The van der Waals surface area contributed by atoms with E-state index in [2.05, 4.69) is 4.74 Å². The molecule has 66 valence electrons. The summed E-state index contributed by atoms with van der Waals surface area (Å²) >= 11 is 0. The highest BCUT2D eigenvalue weighted by Crippen LogP contribution is 2.18. The van der Waals surface area contributed by atoms with Crippen molar-refractivity contribution in [2.75, 3.05) is 0 Å². The summed E-state index contributed by atoms with van der Waals surface area (Å²) in [4.78, 5) is 0. The topological polar surface area (TPSA) is 90.2 Å². The van der Waals surface area contributed by atoms with Crippen LogP contribution in [0.2, 0.25) is 0 Å². The number of hydrogen-bond donors (Lipinski definition) is 4. The molecule has 1 aliphatic rings. The van der Waals surface area contributed by atoms with Gasteiger partial charge in [0.2, 0.25) is 0 Å². The molecule has 0 spiro atoms. The molecule has 2 unspecified atom stereocenters. The Labute approximate surface area is 63.8 Å². The predicted octanol–water partition coefficient (Wildman–Crippen LogP) is -2.19. The fourth-order valence-corrected chi connectivity index (χ4v) is 1.03. The number of ether oxygens (including phenoxy) is 1. The van der Waals surface area contributed by atoms with Gasteiger partial charge in [-0.3, -0.25) is 0 Å². The molecule has 0 aromatic carbocycles. The number of aliphatic hydroxyl groups excluding tert-OH is 4. The van der Waals surface area contributed by atoms with Crippen LogP contribution in [-0.2, 0) is 4.74 Å². The van der Waals surface area contributed by atoms with Crippen LogP contribution in [0.3, 0.4) is 0 Å². The minimum atomic E-state index is -1.43. The second-order valence-corrected chi connectivity index (χ2v) is 2.70. The Morgan fingerprint density at radius 3 is 2.00 bits per heavy atom. The molecule has 5 atom stereocenters. The third-order valence-corrected chi connectivity index (χ3v) is 1.83. The second kappa shape index (κ2) is 3.04. The lowest BCUT2D eigenvalue weighted by atomic mass is 10.0. The average molecular weight is 164 g/mol. The average Bonchev–Trinajstić information content (AvgIpc) is 1.97. The van der Waals surface area contributed by atoms with Gasteiger partial charge in [-0.15, -0.1) is 0 Å². The maximum atomic E-state index is 9.09. The molecular weight excluding hydrogens is 152 g/mol. The minimum Gasteiger partial charge on any atom is -0.388 e. The van der Waals surface area contributed by atoms with E-state index in [1.54, 1.807) is 0 Å². The van der Waals surface area contributed by atoms with Gasteiger partial charge >= 0.3 is 0 Å². The van der Waals surface area contributed by atoms with Crippen molar-refractivity contribution in [2.45, 2.75) is 37.6 Å². The maximum absolute atomic E-state index is 9.09. The van der Waals surface area contributed by atoms with Crippen molar-refractivity contribution in [1.29, 1.82) is 0 Å². The largest absolute Gasteiger partial charge is 0.388 e. The molecule has 1 heterocycles. The van der Waals surface area contributed by atoms with E-state index in [0.717, 1.165) is 0 Å². The summed E-state index contributed by atoms with van der Waals surface area (Å²) < 4.78 is 4.68. The first kappa shape index (κ1) is 8.89. The molecule has 0 aromatic rings. The van der Waals surface area contributed by atoms with Crippen LogP contribution < -0.4 is 0 Å². The van der Waals surface area contributed by atoms with Crippen molar-refractivity contribution in [2.24, 2.45) is 0 Å².